The van der Waals surface area contributed by atoms with Crippen LogP contribution in [0.4, 0.5) is 0 Å². The van der Waals surface area contributed by atoms with Crippen molar-refractivity contribution < 1.29 is 34.2 Å². The molecule has 0 spiro atoms. The molecule has 0 aromatic rings. The highest BCUT2D eigenvalue weighted by molar-refractivity contribution is 8.03. The molecule has 5 N–H and O–H groups in total. The molecule has 4 aliphatic rings. The lowest BCUT2D eigenvalue weighted by Gasteiger charge is -2.43. The zero-order valence-corrected chi connectivity index (χ0v) is 19.9. The van der Waals surface area contributed by atoms with Gasteiger partial charge in [-0.3, -0.25) is 14.4 Å². The van der Waals surface area contributed by atoms with Gasteiger partial charge in [-0.25, -0.2) is 9.59 Å². The summed E-state index contributed by atoms with van der Waals surface area (Å²) in [7, 11) is 0. The Morgan fingerprint density at radius 3 is 2.52 bits per heavy atom. The summed E-state index contributed by atoms with van der Waals surface area (Å²) in [5.41, 5.74) is 5.97. The number of carboxylic acids is 2. The molecule has 3 saturated heterocycles. The van der Waals surface area contributed by atoms with Crippen LogP contribution < -0.4 is 11.1 Å². The normalized spacial score (nSPS) is 32.7. The highest BCUT2D eigenvalue weighted by Crippen LogP contribution is 2.51. The number of nitrogens with one attached hydrogen (secondary N) is 1. The van der Waals surface area contributed by atoms with E-state index in [1.54, 1.807) is 13.8 Å². The molecule has 4 aliphatic heterocycles. The van der Waals surface area contributed by atoms with Crippen LogP contribution in [0, 0.1) is 5.92 Å². The number of amides is 3. The number of aliphatic carboxylic acids is 2. The maximum Gasteiger partial charge on any atom is 0.353 e. The van der Waals surface area contributed by atoms with Gasteiger partial charge in [0.2, 0.25) is 17.7 Å². The zero-order chi connectivity index (χ0) is 24.4. The first kappa shape index (κ1) is 23.9. The Hall–Kier alpha value is -2.25. The molecule has 0 bridgehead atoms. The van der Waals surface area contributed by atoms with Gasteiger partial charge in [0.05, 0.1) is 18.0 Å². The molecule has 0 saturated carbocycles. The molecule has 0 aliphatic carbocycles. The number of carbonyl (C=O) groups is 5. The van der Waals surface area contributed by atoms with Gasteiger partial charge in [0.15, 0.2) is 0 Å². The number of rotatable bonds is 8. The quantitative estimate of drug-likeness (QED) is 0.323. The van der Waals surface area contributed by atoms with E-state index in [1.165, 1.54) is 21.6 Å². The van der Waals surface area contributed by atoms with E-state index in [0.29, 0.717) is 17.7 Å². The minimum absolute atomic E-state index is 0.0404. The summed E-state index contributed by atoms with van der Waals surface area (Å²) in [4.78, 5) is 63.8. The second kappa shape index (κ2) is 8.20. The van der Waals surface area contributed by atoms with Gasteiger partial charge in [-0.2, -0.15) is 0 Å². The van der Waals surface area contributed by atoms with Crippen LogP contribution in [0.5, 0.6) is 0 Å². The van der Waals surface area contributed by atoms with Crippen LogP contribution in [0.25, 0.3) is 0 Å². The first-order valence-electron chi connectivity index (χ1n) is 10.6. The summed E-state index contributed by atoms with van der Waals surface area (Å²) in [6.45, 7) is 5.38. The lowest BCUT2D eigenvalue weighted by Crippen LogP contribution is -2.71. The first-order chi connectivity index (χ1) is 15.4. The predicted molar refractivity (Wildman–Crippen MR) is 120 cm³/mol. The van der Waals surface area contributed by atoms with E-state index in [-0.39, 0.29) is 29.3 Å². The molecule has 0 unspecified atom stereocenters. The highest BCUT2D eigenvalue weighted by Gasteiger charge is 2.64. The lowest BCUT2D eigenvalue weighted by atomic mass is 9.85. The zero-order valence-electron chi connectivity index (χ0n) is 18.3. The number of nitrogens with two attached hydrogens (primary N) is 1. The van der Waals surface area contributed by atoms with E-state index in [0.717, 1.165) is 11.8 Å². The Balaban J connectivity index is 1.36. The summed E-state index contributed by atoms with van der Waals surface area (Å²) >= 11 is 2.46. The van der Waals surface area contributed by atoms with Crippen molar-refractivity contribution in [3.8, 4) is 0 Å². The maximum atomic E-state index is 12.6. The number of carboxylic acid groups (broad SMARTS) is 2. The highest BCUT2D eigenvalue weighted by atomic mass is 32.2. The summed E-state index contributed by atoms with van der Waals surface area (Å²) < 4.78 is -0.700. The van der Waals surface area contributed by atoms with Gasteiger partial charge in [0.25, 0.3) is 0 Å². The van der Waals surface area contributed by atoms with Crippen LogP contribution in [0.2, 0.25) is 0 Å². The van der Waals surface area contributed by atoms with E-state index < -0.39 is 52.0 Å². The summed E-state index contributed by atoms with van der Waals surface area (Å²) in [6, 6.07) is -3.00. The van der Waals surface area contributed by atoms with Gasteiger partial charge in [-0.1, -0.05) is 6.92 Å². The van der Waals surface area contributed by atoms with Crippen molar-refractivity contribution >= 4 is 53.2 Å². The third kappa shape index (κ3) is 3.60. The van der Waals surface area contributed by atoms with E-state index >= 15 is 0 Å². The maximum absolute atomic E-state index is 12.6. The molecule has 0 aromatic heterocycles. The summed E-state index contributed by atoms with van der Waals surface area (Å²) in [5.74, 6) is -3.61. The van der Waals surface area contributed by atoms with Crippen molar-refractivity contribution in [1.82, 2.24) is 15.1 Å². The number of fused-ring (bicyclic) bond motifs is 2. The van der Waals surface area contributed by atoms with Crippen molar-refractivity contribution in [2.24, 2.45) is 11.7 Å². The van der Waals surface area contributed by atoms with Crippen molar-refractivity contribution in [1.29, 1.82) is 0 Å². The van der Waals surface area contributed by atoms with Crippen LogP contribution in [-0.4, -0.2) is 89.7 Å². The fraction of sp³-hybridized carbons (Fsp3) is 0.650. The molecular weight excluding hydrogens is 472 g/mol. The fourth-order valence-corrected chi connectivity index (χ4v) is 7.77. The molecule has 0 radical (unpaired) electrons. The van der Waals surface area contributed by atoms with E-state index in [4.69, 9.17) is 5.73 Å². The number of carbonyl (C=O) groups excluding carboxylic acids is 3. The van der Waals surface area contributed by atoms with Crippen LogP contribution in [-0.2, 0) is 24.0 Å². The molecular formula is C20H26N4O7S2. The summed E-state index contributed by atoms with van der Waals surface area (Å²) in [5, 5.41) is 21.2. The Bertz CT molecular complexity index is 983. The SMILES string of the molecule is CC[C@H]1C(=O)N2C(C(=O)O)=C(SC[C@@H](N)C(=O)N[C@@H]3C(=O)N4[C@@H]3SC(C)(C)[C@@H]4C(=O)O)C[C@H]12. The van der Waals surface area contributed by atoms with Crippen molar-refractivity contribution in [3.63, 3.8) is 0 Å². The number of thioether (sulfide) groups is 2. The number of hydrogen-bond donors (Lipinski definition) is 4. The second-order valence-corrected chi connectivity index (χ2v) is 12.0. The lowest BCUT2D eigenvalue weighted by molar-refractivity contribution is -0.161. The molecule has 6 atom stereocenters. The van der Waals surface area contributed by atoms with E-state index in [2.05, 4.69) is 5.32 Å². The Morgan fingerprint density at radius 2 is 1.94 bits per heavy atom. The molecule has 4 heterocycles. The van der Waals surface area contributed by atoms with Crippen LogP contribution >= 0.6 is 23.5 Å². The molecule has 4 rings (SSSR count). The largest absolute Gasteiger partial charge is 0.480 e. The average Bonchev–Trinajstić information content (AvgIpc) is 3.20. The molecule has 3 fully saturated rings. The molecule has 11 nitrogen and oxygen atoms in total. The van der Waals surface area contributed by atoms with Crippen LogP contribution in [0.1, 0.15) is 33.6 Å². The smallest absolute Gasteiger partial charge is 0.353 e. The van der Waals surface area contributed by atoms with Crippen molar-refractivity contribution in [3.05, 3.63) is 10.6 Å². The second-order valence-electron chi connectivity index (χ2n) is 9.07. The minimum atomic E-state index is -1.19. The standard InChI is InChI=1S/C20H26N4O7S2/c1-4-7-9-5-10(12(18(28)29)23(9)15(7)26)32-6-8(21)14(25)22-11-16(27)24-13(19(30)31)20(2,3)33-17(11)24/h7-9,11,13,17H,4-6,21H2,1-3H3,(H,22,25)(H,28,29)(H,30,31)/t7-,8-,9-,11-,13+,17-/m1/s1. The van der Waals surface area contributed by atoms with E-state index in [1.807, 2.05) is 6.92 Å². The summed E-state index contributed by atoms with van der Waals surface area (Å²) in [6.07, 6.45) is 1.06. The molecule has 0 aromatic carbocycles. The molecule has 3 amide bonds. The van der Waals surface area contributed by atoms with Gasteiger partial charge >= 0.3 is 11.9 Å². The third-order valence-corrected chi connectivity index (χ3v) is 9.45. The molecule has 13 heteroatoms. The third-order valence-electron chi connectivity index (χ3n) is 6.64. The first-order valence-corrected chi connectivity index (χ1v) is 12.5. The van der Waals surface area contributed by atoms with Crippen LogP contribution in [0.3, 0.4) is 0 Å². The van der Waals surface area contributed by atoms with Gasteiger partial charge in [-0.05, 0) is 20.3 Å². The monoisotopic (exact) mass is 498 g/mol. The molecule has 33 heavy (non-hydrogen) atoms. The van der Waals surface area contributed by atoms with Gasteiger partial charge in [0.1, 0.15) is 23.2 Å². The topological polar surface area (TPSA) is 170 Å². The average molecular weight is 499 g/mol. The Labute approximate surface area is 198 Å². The van der Waals surface area contributed by atoms with Gasteiger partial charge < -0.3 is 31.1 Å². The van der Waals surface area contributed by atoms with Crippen molar-refractivity contribution in [2.45, 2.75) is 67.9 Å². The number of β-lactam (4-membered cyclic amide) rings is 2. The van der Waals surface area contributed by atoms with Crippen molar-refractivity contribution in [2.75, 3.05) is 5.75 Å². The Morgan fingerprint density at radius 1 is 1.27 bits per heavy atom. The van der Waals surface area contributed by atoms with Crippen LogP contribution in [0.15, 0.2) is 10.6 Å². The van der Waals surface area contributed by atoms with Gasteiger partial charge in [-0.15, -0.1) is 23.5 Å². The number of nitrogens with zero attached hydrogens (tertiary/aromatic N) is 2. The molecule has 180 valence electrons. The number of hydrogen-bond acceptors (Lipinski definition) is 8. The Kier molecular flexibility index (Phi) is 5.94. The predicted octanol–water partition coefficient (Wildman–Crippen LogP) is -0.384. The minimum Gasteiger partial charge on any atom is -0.480 e. The van der Waals surface area contributed by atoms with E-state index in [9.17, 15) is 34.2 Å². The fourth-order valence-electron chi connectivity index (χ4n) is 5.00. The van der Waals surface area contributed by atoms with Gasteiger partial charge in [0, 0.05) is 21.8 Å².